The molecular formula is C15H25N3O3. The molecule has 1 aromatic carbocycles. The standard InChI is InChI=1S/C15H25N3O3/c1-12-11-13(17-16)5-6-14(12)15(19)18(8-10-21-3)7-4-9-20-2/h5-6,11,17H,4,7-10,16H2,1-3H3. The summed E-state index contributed by atoms with van der Waals surface area (Å²) in [5, 5.41) is 0. The van der Waals surface area contributed by atoms with Crippen LogP contribution < -0.4 is 11.3 Å². The average Bonchev–Trinajstić information content (AvgIpc) is 2.50. The Morgan fingerprint density at radius 3 is 2.52 bits per heavy atom. The summed E-state index contributed by atoms with van der Waals surface area (Å²) in [5.41, 5.74) is 4.94. The first-order valence-electron chi connectivity index (χ1n) is 6.98. The van der Waals surface area contributed by atoms with Crippen molar-refractivity contribution >= 4 is 11.6 Å². The molecule has 0 bridgehead atoms. The Bertz CT molecular complexity index is 452. The second-order valence-electron chi connectivity index (χ2n) is 4.81. The van der Waals surface area contributed by atoms with Crippen LogP contribution in [0.4, 0.5) is 5.69 Å². The molecule has 1 aromatic rings. The normalized spacial score (nSPS) is 10.5. The van der Waals surface area contributed by atoms with Crippen LogP contribution in [0.2, 0.25) is 0 Å². The predicted octanol–water partition coefficient (Wildman–Crippen LogP) is 1.41. The number of hydrogen-bond donors (Lipinski definition) is 2. The molecule has 118 valence electrons. The number of nitrogen functional groups attached to an aromatic ring is 1. The zero-order chi connectivity index (χ0) is 15.7. The van der Waals surface area contributed by atoms with Crippen molar-refractivity contribution in [1.82, 2.24) is 4.90 Å². The second-order valence-corrected chi connectivity index (χ2v) is 4.81. The Hall–Kier alpha value is -1.63. The van der Waals surface area contributed by atoms with Crippen LogP contribution >= 0.6 is 0 Å². The number of aryl methyl sites for hydroxylation is 1. The van der Waals surface area contributed by atoms with Gasteiger partial charge in [0.25, 0.3) is 5.91 Å². The Morgan fingerprint density at radius 2 is 1.95 bits per heavy atom. The fourth-order valence-corrected chi connectivity index (χ4v) is 2.08. The first kappa shape index (κ1) is 17.4. The number of benzene rings is 1. The molecule has 1 amide bonds. The molecule has 0 heterocycles. The van der Waals surface area contributed by atoms with Gasteiger partial charge in [-0.15, -0.1) is 0 Å². The number of hydrogen-bond acceptors (Lipinski definition) is 5. The van der Waals surface area contributed by atoms with Gasteiger partial charge in [0.05, 0.1) is 6.61 Å². The quantitative estimate of drug-likeness (QED) is 0.409. The number of ether oxygens (including phenoxy) is 2. The van der Waals surface area contributed by atoms with E-state index < -0.39 is 0 Å². The Kier molecular flexibility index (Phi) is 7.74. The number of carbonyl (C=O) groups excluding carboxylic acids is 1. The van der Waals surface area contributed by atoms with Gasteiger partial charge >= 0.3 is 0 Å². The lowest BCUT2D eigenvalue weighted by Gasteiger charge is -2.23. The van der Waals surface area contributed by atoms with E-state index in [1.54, 1.807) is 31.3 Å². The van der Waals surface area contributed by atoms with Gasteiger partial charge in [0, 0.05) is 45.2 Å². The SMILES string of the molecule is COCCCN(CCOC)C(=O)c1ccc(NN)cc1C. The lowest BCUT2D eigenvalue weighted by Crippen LogP contribution is -2.35. The predicted molar refractivity (Wildman–Crippen MR) is 83.3 cm³/mol. The van der Waals surface area contributed by atoms with Crippen LogP contribution in [-0.2, 0) is 9.47 Å². The zero-order valence-electron chi connectivity index (χ0n) is 13.0. The van der Waals surface area contributed by atoms with E-state index in [0.717, 1.165) is 17.7 Å². The number of carbonyl (C=O) groups is 1. The maximum Gasteiger partial charge on any atom is 0.254 e. The lowest BCUT2D eigenvalue weighted by atomic mass is 10.1. The Balaban J connectivity index is 2.82. The van der Waals surface area contributed by atoms with E-state index in [4.69, 9.17) is 15.3 Å². The number of amides is 1. The van der Waals surface area contributed by atoms with Gasteiger partial charge in [0.15, 0.2) is 0 Å². The highest BCUT2D eigenvalue weighted by atomic mass is 16.5. The molecule has 0 atom stereocenters. The molecule has 0 aliphatic rings. The van der Waals surface area contributed by atoms with E-state index in [2.05, 4.69) is 5.43 Å². The fourth-order valence-electron chi connectivity index (χ4n) is 2.08. The molecule has 0 radical (unpaired) electrons. The number of anilines is 1. The molecule has 21 heavy (non-hydrogen) atoms. The molecule has 6 heteroatoms. The van der Waals surface area contributed by atoms with Gasteiger partial charge in [0.1, 0.15) is 0 Å². The summed E-state index contributed by atoms with van der Waals surface area (Å²) in [6, 6.07) is 5.45. The largest absolute Gasteiger partial charge is 0.385 e. The third kappa shape index (κ3) is 5.34. The molecule has 6 nitrogen and oxygen atoms in total. The first-order chi connectivity index (χ1) is 10.1. The van der Waals surface area contributed by atoms with Crippen LogP contribution in [0.1, 0.15) is 22.3 Å². The number of rotatable bonds is 9. The number of nitrogens with one attached hydrogen (secondary N) is 1. The van der Waals surface area contributed by atoms with Crippen molar-refractivity contribution in [2.24, 2.45) is 5.84 Å². The van der Waals surface area contributed by atoms with Crippen LogP contribution in [0, 0.1) is 6.92 Å². The molecule has 3 N–H and O–H groups in total. The monoisotopic (exact) mass is 295 g/mol. The van der Waals surface area contributed by atoms with Crippen LogP contribution in [0.25, 0.3) is 0 Å². The molecule has 0 saturated heterocycles. The molecule has 0 aliphatic heterocycles. The summed E-state index contributed by atoms with van der Waals surface area (Å²) in [4.78, 5) is 14.4. The van der Waals surface area contributed by atoms with Gasteiger partial charge in [-0.25, -0.2) is 0 Å². The molecule has 0 fully saturated rings. The average molecular weight is 295 g/mol. The summed E-state index contributed by atoms with van der Waals surface area (Å²) >= 11 is 0. The maximum atomic E-state index is 12.6. The van der Waals surface area contributed by atoms with Crippen molar-refractivity contribution < 1.29 is 14.3 Å². The van der Waals surface area contributed by atoms with Crippen molar-refractivity contribution in [3.8, 4) is 0 Å². The summed E-state index contributed by atoms with van der Waals surface area (Å²) in [6.45, 7) is 4.26. The van der Waals surface area contributed by atoms with Crippen LogP contribution in [0.3, 0.4) is 0 Å². The molecule has 0 unspecified atom stereocenters. The minimum atomic E-state index is 0.00391. The van der Waals surface area contributed by atoms with E-state index in [0.29, 0.717) is 31.9 Å². The van der Waals surface area contributed by atoms with Crippen LogP contribution in [0.15, 0.2) is 18.2 Å². The first-order valence-corrected chi connectivity index (χ1v) is 6.98. The van der Waals surface area contributed by atoms with E-state index in [1.165, 1.54) is 0 Å². The zero-order valence-corrected chi connectivity index (χ0v) is 13.0. The highest BCUT2D eigenvalue weighted by molar-refractivity contribution is 5.96. The highest BCUT2D eigenvalue weighted by Crippen LogP contribution is 2.16. The van der Waals surface area contributed by atoms with Gasteiger partial charge in [-0.3, -0.25) is 10.6 Å². The van der Waals surface area contributed by atoms with Gasteiger partial charge in [-0.2, -0.15) is 0 Å². The fraction of sp³-hybridized carbons (Fsp3) is 0.533. The minimum absolute atomic E-state index is 0.00391. The second kappa shape index (κ2) is 9.33. The van der Waals surface area contributed by atoms with Gasteiger partial charge in [-0.05, 0) is 37.1 Å². The summed E-state index contributed by atoms with van der Waals surface area (Å²) in [5.74, 6) is 5.38. The van der Waals surface area contributed by atoms with E-state index in [1.807, 2.05) is 13.0 Å². The number of hydrazine groups is 1. The number of methoxy groups -OCH3 is 2. The summed E-state index contributed by atoms with van der Waals surface area (Å²) in [6.07, 6.45) is 0.799. The van der Waals surface area contributed by atoms with Crippen LogP contribution in [0.5, 0.6) is 0 Å². The minimum Gasteiger partial charge on any atom is -0.385 e. The molecule has 0 saturated carbocycles. The smallest absolute Gasteiger partial charge is 0.254 e. The highest BCUT2D eigenvalue weighted by Gasteiger charge is 2.17. The van der Waals surface area contributed by atoms with Gasteiger partial charge in [0.2, 0.25) is 0 Å². The molecular weight excluding hydrogens is 270 g/mol. The molecule has 0 aliphatic carbocycles. The topological polar surface area (TPSA) is 76.8 Å². The van der Waals surface area contributed by atoms with Gasteiger partial charge in [-0.1, -0.05) is 0 Å². The maximum absolute atomic E-state index is 12.6. The molecule has 0 spiro atoms. The van der Waals surface area contributed by atoms with Gasteiger partial charge < -0.3 is 19.8 Å². The van der Waals surface area contributed by atoms with Crippen molar-refractivity contribution in [2.75, 3.05) is 45.9 Å². The number of nitrogens with two attached hydrogens (primary N) is 1. The van der Waals surface area contributed by atoms with Crippen molar-refractivity contribution in [1.29, 1.82) is 0 Å². The third-order valence-electron chi connectivity index (χ3n) is 3.25. The van der Waals surface area contributed by atoms with Crippen molar-refractivity contribution in [3.05, 3.63) is 29.3 Å². The van der Waals surface area contributed by atoms with E-state index in [-0.39, 0.29) is 5.91 Å². The number of nitrogens with zero attached hydrogens (tertiary/aromatic N) is 1. The Morgan fingerprint density at radius 1 is 1.24 bits per heavy atom. The summed E-state index contributed by atoms with van der Waals surface area (Å²) in [7, 11) is 3.29. The van der Waals surface area contributed by atoms with E-state index in [9.17, 15) is 4.79 Å². The van der Waals surface area contributed by atoms with E-state index >= 15 is 0 Å². The Labute approximate surface area is 126 Å². The molecule has 0 aromatic heterocycles. The molecule has 1 rings (SSSR count). The van der Waals surface area contributed by atoms with Crippen molar-refractivity contribution in [3.63, 3.8) is 0 Å². The van der Waals surface area contributed by atoms with Crippen molar-refractivity contribution in [2.45, 2.75) is 13.3 Å². The third-order valence-corrected chi connectivity index (χ3v) is 3.25. The van der Waals surface area contributed by atoms with Crippen LogP contribution in [-0.4, -0.2) is 51.3 Å². The lowest BCUT2D eigenvalue weighted by molar-refractivity contribution is 0.0673. The summed E-state index contributed by atoms with van der Waals surface area (Å²) < 4.78 is 10.1.